The van der Waals surface area contributed by atoms with E-state index in [9.17, 15) is 45.6 Å². The van der Waals surface area contributed by atoms with Gasteiger partial charge in [0.15, 0.2) is 12.6 Å². The van der Waals surface area contributed by atoms with Crippen molar-refractivity contribution in [3.8, 4) is 0 Å². The summed E-state index contributed by atoms with van der Waals surface area (Å²) in [5, 5.41) is 87.0. The lowest BCUT2D eigenvalue weighted by molar-refractivity contribution is -0.359. The Balaban J connectivity index is 1.59. The second kappa shape index (κ2) is 51.1. The molecule has 1 amide bonds. The summed E-state index contributed by atoms with van der Waals surface area (Å²) in [4.78, 5) is 13.2. The van der Waals surface area contributed by atoms with Crippen LogP contribution in [0.2, 0.25) is 0 Å². The largest absolute Gasteiger partial charge is 0.394 e. The summed E-state index contributed by atoms with van der Waals surface area (Å²) in [6.07, 6.45) is 50.2. The topological polar surface area (TPSA) is 228 Å². The standard InChI is InChI=1S/C66H119NO13/c1-3-5-7-9-11-13-15-16-17-18-19-20-21-22-23-24-25-26-27-28-29-30-31-32-33-34-35-36-37-38-40-42-44-46-48-50-58(71)67-54(55(70)49-47-45-43-41-39-14-12-10-8-6-4-2)53-77-65-63(76)61(74)64(57(52-69)79-65)80-66-62(75)60(73)59(72)56(51-68)78-66/h15-16,18-19,21-22,39,41,47,49,54-57,59-66,68-70,72-76H,3-14,17,20,23-38,40,42-46,48,50-53H2,1-2H3,(H,67,71)/b16-15-,19-18-,22-21-,41-39+,49-47+. The van der Waals surface area contributed by atoms with Gasteiger partial charge in [0.25, 0.3) is 0 Å². The zero-order valence-corrected chi connectivity index (χ0v) is 50.3. The number of carbonyl (C=O) groups is 1. The van der Waals surface area contributed by atoms with Crippen molar-refractivity contribution in [3.63, 3.8) is 0 Å². The van der Waals surface area contributed by atoms with Crippen molar-refractivity contribution in [2.45, 2.75) is 331 Å². The number of unbranched alkanes of at least 4 members (excludes halogenated alkanes) is 31. The number of nitrogens with one attached hydrogen (secondary N) is 1. The molecule has 9 N–H and O–H groups in total. The number of aliphatic hydroxyl groups excluding tert-OH is 8. The van der Waals surface area contributed by atoms with Crippen molar-refractivity contribution in [1.82, 2.24) is 5.32 Å². The van der Waals surface area contributed by atoms with Gasteiger partial charge in [-0.1, -0.05) is 242 Å². The highest BCUT2D eigenvalue weighted by Crippen LogP contribution is 2.30. The van der Waals surface area contributed by atoms with E-state index in [1.165, 1.54) is 180 Å². The van der Waals surface area contributed by atoms with Crippen LogP contribution in [0.5, 0.6) is 0 Å². The molecule has 14 heteroatoms. The van der Waals surface area contributed by atoms with E-state index in [1.54, 1.807) is 6.08 Å². The molecule has 466 valence electrons. The molecule has 0 radical (unpaired) electrons. The van der Waals surface area contributed by atoms with Crippen molar-refractivity contribution in [3.05, 3.63) is 60.8 Å². The van der Waals surface area contributed by atoms with Crippen LogP contribution in [0.3, 0.4) is 0 Å². The molecule has 0 aromatic heterocycles. The van der Waals surface area contributed by atoms with E-state index in [2.05, 4.69) is 67.8 Å². The Morgan fingerprint density at radius 1 is 0.450 bits per heavy atom. The lowest BCUT2D eigenvalue weighted by atomic mass is 9.97. The number of rotatable bonds is 52. The van der Waals surface area contributed by atoms with Crippen molar-refractivity contribution in [2.24, 2.45) is 0 Å². The average Bonchev–Trinajstić information content (AvgIpc) is 3.46. The lowest BCUT2D eigenvalue weighted by Crippen LogP contribution is -2.65. The van der Waals surface area contributed by atoms with Gasteiger partial charge in [0.2, 0.25) is 5.91 Å². The SMILES string of the molecule is CCCCCCC/C=C\C/C=C\C/C=C\CCCCCCCCCCCCCCCCCCCCCCC(=O)NC(COC1OC(CO)C(OC2OC(CO)C(O)C(O)C2O)C(O)C1O)C(O)/C=C/CC/C=C/CCCCCCC. The van der Waals surface area contributed by atoms with Crippen LogP contribution in [0, 0.1) is 0 Å². The Bertz CT molecular complexity index is 1570. The van der Waals surface area contributed by atoms with E-state index in [1.807, 2.05) is 6.08 Å². The van der Waals surface area contributed by atoms with Crippen LogP contribution < -0.4 is 5.32 Å². The highest BCUT2D eigenvalue weighted by atomic mass is 16.7. The third-order valence-electron chi connectivity index (χ3n) is 15.7. The fourth-order valence-electron chi connectivity index (χ4n) is 10.4. The smallest absolute Gasteiger partial charge is 0.220 e. The molecule has 2 rings (SSSR count). The van der Waals surface area contributed by atoms with Gasteiger partial charge in [0.05, 0.1) is 32.0 Å². The van der Waals surface area contributed by atoms with Crippen LogP contribution in [0.15, 0.2) is 60.8 Å². The molecule has 0 aliphatic carbocycles. The molecular weight excluding hydrogens is 1010 g/mol. The maximum atomic E-state index is 13.2. The first-order chi connectivity index (χ1) is 39.1. The first-order valence-electron chi connectivity index (χ1n) is 32.5. The molecule has 2 aliphatic rings. The molecule has 80 heavy (non-hydrogen) atoms. The predicted octanol–water partition coefficient (Wildman–Crippen LogP) is 12.1. The third-order valence-corrected chi connectivity index (χ3v) is 15.7. The molecule has 0 spiro atoms. The summed E-state index contributed by atoms with van der Waals surface area (Å²) in [6.45, 7) is 2.74. The summed E-state index contributed by atoms with van der Waals surface area (Å²) in [5.41, 5.74) is 0. The minimum absolute atomic E-state index is 0.249. The van der Waals surface area contributed by atoms with Crippen molar-refractivity contribution < 1.29 is 64.6 Å². The number of allylic oxidation sites excluding steroid dienone is 9. The highest BCUT2D eigenvalue weighted by molar-refractivity contribution is 5.76. The van der Waals surface area contributed by atoms with E-state index in [0.717, 1.165) is 44.9 Å². The summed E-state index contributed by atoms with van der Waals surface area (Å²) >= 11 is 0. The summed E-state index contributed by atoms with van der Waals surface area (Å²) in [5.74, 6) is -0.249. The zero-order valence-electron chi connectivity index (χ0n) is 50.3. The van der Waals surface area contributed by atoms with Gasteiger partial charge in [-0.25, -0.2) is 0 Å². The summed E-state index contributed by atoms with van der Waals surface area (Å²) in [6, 6.07) is -0.930. The average molecular weight is 1130 g/mol. The number of hydrogen-bond acceptors (Lipinski definition) is 13. The number of ether oxygens (including phenoxy) is 4. The molecule has 2 fully saturated rings. The maximum Gasteiger partial charge on any atom is 0.220 e. The molecule has 12 atom stereocenters. The Morgan fingerprint density at radius 2 is 0.838 bits per heavy atom. The van der Waals surface area contributed by atoms with Crippen LogP contribution in [-0.4, -0.2) is 140 Å². The van der Waals surface area contributed by atoms with E-state index in [0.29, 0.717) is 12.8 Å². The highest BCUT2D eigenvalue weighted by Gasteiger charge is 2.51. The van der Waals surface area contributed by atoms with E-state index < -0.39 is 86.8 Å². The molecular formula is C66H119NO13. The van der Waals surface area contributed by atoms with Gasteiger partial charge in [0.1, 0.15) is 48.8 Å². The van der Waals surface area contributed by atoms with Gasteiger partial charge in [-0.05, 0) is 70.6 Å². The second-order valence-corrected chi connectivity index (χ2v) is 22.9. The summed E-state index contributed by atoms with van der Waals surface area (Å²) < 4.78 is 22.7. The number of carbonyl (C=O) groups excluding carboxylic acids is 1. The van der Waals surface area contributed by atoms with Crippen LogP contribution in [0.25, 0.3) is 0 Å². The molecule has 0 saturated carbocycles. The van der Waals surface area contributed by atoms with Crippen molar-refractivity contribution >= 4 is 5.91 Å². The van der Waals surface area contributed by atoms with Gasteiger partial charge in [-0.2, -0.15) is 0 Å². The van der Waals surface area contributed by atoms with Crippen LogP contribution in [-0.2, 0) is 23.7 Å². The van der Waals surface area contributed by atoms with Gasteiger partial charge in [0, 0.05) is 6.42 Å². The van der Waals surface area contributed by atoms with Crippen LogP contribution in [0.1, 0.15) is 258 Å². The minimum atomic E-state index is -1.79. The maximum absolute atomic E-state index is 13.2. The van der Waals surface area contributed by atoms with E-state index >= 15 is 0 Å². The van der Waals surface area contributed by atoms with Crippen molar-refractivity contribution in [2.75, 3.05) is 19.8 Å². The van der Waals surface area contributed by atoms with E-state index in [-0.39, 0.29) is 18.9 Å². The van der Waals surface area contributed by atoms with Gasteiger partial charge in [-0.15, -0.1) is 0 Å². The predicted molar refractivity (Wildman–Crippen MR) is 323 cm³/mol. The molecule has 0 aromatic rings. The Morgan fingerprint density at radius 3 is 1.31 bits per heavy atom. The number of hydrogen-bond donors (Lipinski definition) is 9. The Hall–Kier alpha value is -2.31. The number of amides is 1. The quantitative estimate of drug-likeness (QED) is 0.0204. The third kappa shape index (κ3) is 35.7. The first-order valence-corrected chi connectivity index (χ1v) is 32.5. The van der Waals surface area contributed by atoms with Gasteiger partial charge < -0.3 is 65.1 Å². The molecule has 0 bridgehead atoms. The monoisotopic (exact) mass is 1130 g/mol. The zero-order chi connectivity index (χ0) is 58.1. The summed E-state index contributed by atoms with van der Waals surface area (Å²) in [7, 11) is 0. The lowest BCUT2D eigenvalue weighted by Gasteiger charge is -2.46. The Kier molecular flexibility index (Phi) is 47.2. The molecule has 12 unspecified atom stereocenters. The van der Waals surface area contributed by atoms with Gasteiger partial charge >= 0.3 is 0 Å². The molecule has 0 aromatic carbocycles. The van der Waals surface area contributed by atoms with Gasteiger partial charge in [-0.3, -0.25) is 4.79 Å². The van der Waals surface area contributed by atoms with E-state index in [4.69, 9.17) is 18.9 Å². The fraction of sp³-hybridized carbons (Fsp3) is 0.833. The number of aliphatic hydroxyl groups is 8. The van der Waals surface area contributed by atoms with Crippen LogP contribution >= 0.6 is 0 Å². The Labute approximate surface area is 486 Å². The normalized spacial score (nSPS) is 24.6. The molecule has 2 heterocycles. The molecule has 2 aliphatic heterocycles. The second-order valence-electron chi connectivity index (χ2n) is 22.9. The van der Waals surface area contributed by atoms with Crippen LogP contribution in [0.4, 0.5) is 0 Å². The molecule has 2 saturated heterocycles. The first kappa shape index (κ1) is 73.8. The minimum Gasteiger partial charge on any atom is -0.394 e. The molecule has 14 nitrogen and oxygen atoms in total. The fourth-order valence-corrected chi connectivity index (χ4v) is 10.4. The van der Waals surface area contributed by atoms with Crippen molar-refractivity contribution in [1.29, 1.82) is 0 Å².